The van der Waals surface area contributed by atoms with Crippen LogP contribution in [-0.2, 0) is 14.6 Å². The zero-order valence-corrected chi connectivity index (χ0v) is 25.4. The quantitative estimate of drug-likeness (QED) is 0.195. The topological polar surface area (TPSA) is 185 Å². The molecule has 13 atom stereocenters. The van der Waals surface area contributed by atoms with Gasteiger partial charge in [0.05, 0.1) is 42.2 Å². The fourth-order valence-corrected chi connectivity index (χ4v) is 10.6. The van der Waals surface area contributed by atoms with E-state index in [0.717, 1.165) is 6.42 Å². The van der Waals surface area contributed by atoms with Gasteiger partial charge in [-0.1, -0.05) is 41.0 Å². The summed E-state index contributed by atoms with van der Waals surface area (Å²) in [4.78, 5) is 0. The lowest BCUT2D eigenvalue weighted by Crippen LogP contribution is -2.75. The molecule has 4 rings (SSSR count). The molecule has 7 N–H and O–H groups in total. The number of aliphatic hydroxyl groups excluding tert-OH is 4. The first-order chi connectivity index (χ1) is 18.3. The Morgan fingerprint density at radius 3 is 2.23 bits per heavy atom. The molecule has 4 aliphatic carbocycles. The second-order valence-electron chi connectivity index (χ2n) is 14.7. The van der Waals surface area contributed by atoms with Crippen LogP contribution in [0.2, 0.25) is 0 Å². The van der Waals surface area contributed by atoms with Gasteiger partial charge in [0.2, 0.25) is 0 Å². The maximum absolute atomic E-state index is 12.4. The van der Waals surface area contributed by atoms with Crippen LogP contribution in [0.15, 0.2) is 0 Å². The summed E-state index contributed by atoms with van der Waals surface area (Å²) in [6, 6.07) is 0. The molecule has 0 aliphatic heterocycles. The number of hydrogen-bond acceptors (Lipinski definition) is 9. The predicted molar refractivity (Wildman–Crippen MR) is 147 cm³/mol. The van der Waals surface area contributed by atoms with Crippen LogP contribution in [0.25, 0.3) is 0 Å². The van der Waals surface area contributed by atoms with E-state index >= 15 is 0 Å². The van der Waals surface area contributed by atoms with Gasteiger partial charge in [-0.25, -0.2) is 4.18 Å². The molecule has 0 amide bonds. The van der Waals surface area contributed by atoms with Crippen LogP contribution in [-0.4, -0.2) is 85.8 Å². The molecule has 40 heavy (non-hydrogen) atoms. The monoisotopic (exact) mass is 592 g/mol. The third-order valence-corrected chi connectivity index (χ3v) is 12.7. The summed E-state index contributed by atoms with van der Waals surface area (Å²) in [5, 5.41) is 67.8. The molecule has 4 fully saturated rings. The average molecular weight is 593 g/mol. The van der Waals surface area contributed by atoms with Crippen LogP contribution < -0.4 is 0 Å². The molecule has 0 aromatic carbocycles. The zero-order valence-electron chi connectivity index (χ0n) is 24.6. The molecule has 4 saturated carbocycles. The van der Waals surface area contributed by atoms with E-state index in [-0.39, 0.29) is 42.4 Å². The first kappa shape index (κ1) is 32.5. The fourth-order valence-electron chi connectivity index (χ4n) is 10.3. The van der Waals surface area contributed by atoms with E-state index in [0.29, 0.717) is 38.5 Å². The highest BCUT2D eigenvalue weighted by atomic mass is 32.3. The van der Waals surface area contributed by atoms with Crippen molar-refractivity contribution >= 4 is 10.4 Å². The SMILES string of the molecule is CC(C)C(CCC(C)C1CC(O)C2C1(C)CCC1C2(O)CC(O)C2(O)CC(O)CCC12C)C(O)COS(=O)(=O)O. The van der Waals surface area contributed by atoms with Gasteiger partial charge in [-0.2, -0.15) is 8.42 Å². The molecule has 0 bridgehead atoms. The minimum atomic E-state index is -4.65. The minimum Gasteiger partial charge on any atom is -0.393 e. The number of aliphatic hydroxyl groups is 6. The lowest BCUT2D eigenvalue weighted by atomic mass is 9.40. The van der Waals surface area contributed by atoms with Gasteiger partial charge in [-0.05, 0) is 73.5 Å². The van der Waals surface area contributed by atoms with E-state index in [1.54, 1.807) is 0 Å². The summed E-state index contributed by atoms with van der Waals surface area (Å²) in [5.41, 5.74) is -4.03. The Hall–Kier alpha value is -0.370. The molecule has 0 aromatic rings. The van der Waals surface area contributed by atoms with E-state index in [4.69, 9.17) is 4.55 Å². The molecular formula is C29H52O10S. The third-order valence-electron chi connectivity index (χ3n) is 12.3. The van der Waals surface area contributed by atoms with Crippen molar-refractivity contribution in [2.45, 2.75) is 128 Å². The average Bonchev–Trinajstić information content (AvgIpc) is 3.10. The van der Waals surface area contributed by atoms with Crippen molar-refractivity contribution in [1.29, 1.82) is 0 Å². The van der Waals surface area contributed by atoms with Crippen LogP contribution in [0, 0.1) is 46.3 Å². The molecule has 13 unspecified atom stereocenters. The van der Waals surface area contributed by atoms with Crippen molar-refractivity contribution in [3.8, 4) is 0 Å². The molecule has 4 aliphatic rings. The van der Waals surface area contributed by atoms with Gasteiger partial charge in [0.1, 0.15) is 0 Å². The van der Waals surface area contributed by atoms with Gasteiger partial charge in [0.15, 0.2) is 0 Å². The number of hydrogen-bond donors (Lipinski definition) is 7. The molecular weight excluding hydrogens is 540 g/mol. The molecule has 0 aromatic heterocycles. The predicted octanol–water partition coefficient (Wildman–Crippen LogP) is 2.05. The van der Waals surface area contributed by atoms with Crippen LogP contribution in [0.4, 0.5) is 0 Å². The van der Waals surface area contributed by atoms with Gasteiger partial charge < -0.3 is 30.6 Å². The maximum Gasteiger partial charge on any atom is 0.397 e. The Balaban J connectivity index is 1.53. The van der Waals surface area contributed by atoms with Gasteiger partial charge in [0, 0.05) is 24.2 Å². The third kappa shape index (κ3) is 5.30. The van der Waals surface area contributed by atoms with Crippen molar-refractivity contribution in [1.82, 2.24) is 0 Å². The molecule has 0 heterocycles. The summed E-state index contributed by atoms with van der Waals surface area (Å²) in [6.45, 7) is 9.57. The second kappa shape index (κ2) is 11.0. The first-order valence-electron chi connectivity index (χ1n) is 15.1. The van der Waals surface area contributed by atoms with Crippen LogP contribution in [0.1, 0.15) is 92.4 Å². The van der Waals surface area contributed by atoms with Gasteiger partial charge in [0.25, 0.3) is 0 Å². The van der Waals surface area contributed by atoms with E-state index in [2.05, 4.69) is 18.0 Å². The molecule has 10 nitrogen and oxygen atoms in total. The zero-order chi connectivity index (χ0) is 30.1. The Kier molecular flexibility index (Phi) is 8.92. The molecule has 0 radical (unpaired) electrons. The first-order valence-corrected chi connectivity index (χ1v) is 16.5. The van der Waals surface area contributed by atoms with E-state index < -0.39 is 69.4 Å². The normalized spacial score (nSPS) is 47.7. The maximum atomic E-state index is 12.4. The fraction of sp³-hybridized carbons (Fsp3) is 1.00. The molecule has 0 spiro atoms. The van der Waals surface area contributed by atoms with Crippen molar-refractivity contribution in [3.63, 3.8) is 0 Å². The van der Waals surface area contributed by atoms with E-state index in [9.17, 15) is 39.1 Å². The second-order valence-corrected chi connectivity index (χ2v) is 15.8. The summed E-state index contributed by atoms with van der Waals surface area (Å²) in [7, 11) is -4.65. The minimum absolute atomic E-state index is 0.0374. The highest BCUT2D eigenvalue weighted by Gasteiger charge is 2.74. The Labute approximate surface area is 239 Å². The van der Waals surface area contributed by atoms with Crippen LogP contribution >= 0.6 is 0 Å². The lowest BCUT2D eigenvalue weighted by Gasteiger charge is -2.68. The Bertz CT molecular complexity index is 1020. The molecule has 234 valence electrons. The Morgan fingerprint density at radius 2 is 1.62 bits per heavy atom. The lowest BCUT2D eigenvalue weighted by molar-refractivity contribution is -0.315. The van der Waals surface area contributed by atoms with Crippen molar-refractivity contribution in [2.24, 2.45) is 46.3 Å². The van der Waals surface area contributed by atoms with Crippen molar-refractivity contribution < 1.29 is 47.8 Å². The summed E-state index contributed by atoms with van der Waals surface area (Å²) < 4.78 is 35.3. The van der Waals surface area contributed by atoms with E-state index in [1.165, 1.54) is 0 Å². The summed E-state index contributed by atoms with van der Waals surface area (Å²) in [5.74, 6) is -0.790. The largest absolute Gasteiger partial charge is 0.397 e. The van der Waals surface area contributed by atoms with Gasteiger partial charge in [-0.15, -0.1) is 0 Å². The van der Waals surface area contributed by atoms with Crippen molar-refractivity contribution in [2.75, 3.05) is 6.61 Å². The van der Waals surface area contributed by atoms with Gasteiger partial charge >= 0.3 is 10.4 Å². The molecule has 11 heteroatoms. The highest BCUT2D eigenvalue weighted by Crippen LogP contribution is 2.70. The Morgan fingerprint density at radius 1 is 0.975 bits per heavy atom. The van der Waals surface area contributed by atoms with Crippen molar-refractivity contribution in [3.05, 3.63) is 0 Å². The van der Waals surface area contributed by atoms with Gasteiger partial charge in [-0.3, -0.25) is 4.55 Å². The smallest absolute Gasteiger partial charge is 0.393 e. The van der Waals surface area contributed by atoms with Crippen LogP contribution in [0.5, 0.6) is 0 Å². The van der Waals surface area contributed by atoms with E-state index in [1.807, 2.05) is 20.8 Å². The summed E-state index contributed by atoms with van der Waals surface area (Å²) >= 11 is 0. The molecule has 0 saturated heterocycles. The standard InChI is InChI=1S/C29H52O10S/c1-16(2)19(22(32)15-39-40(36,37)38)7-6-17(3)20-12-21(31)25-26(20,4)10-9-23-27(5)11-8-18(30)13-29(27,35)24(33)14-28(23,25)34/h16-25,30-35H,6-15H2,1-5H3,(H,36,37,38). The highest BCUT2D eigenvalue weighted by molar-refractivity contribution is 7.80. The van der Waals surface area contributed by atoms with Crippen LogP contribution in [0.3, 0.4) is 0 Å². The number of fused-ring (bicyclic) bond motifs is 5. The number of rotatable bonds is 9. The summed E-state index contributed by atoms with van der Waals surface area (Å²) in [6.07, 6.45) is 0.539.